The molecule has 2 rings (SSSR count). The Morgan fingerprint density at radius 1 is 1.33 bits per heavy atom. The van der Waals surface area contributed by atoms with Crippen molar-refractivity contribution >= 4 is 5.69 Å². The minimum Gasteiger partial charge on any atom is -0.369 e. The summed E-state index contributed by atoms with van der Waals surface area (Å²) in [5.41, 5.74) is 3.07. The number of benzene rings is 1. The van der Waals surface area contributed by atoms with Crippen molar-refractivity contribution in [2.75, 3.05) is 37.6 Å². The number of rotatable bonds is 3. The van der Waals surface area contributed by atoms with Crippen LogP contribution in [0.5, 0.6) is 0 Å². The Morgan fingerprint density at radius 2 is 2.06 bits per heavy atom. The molecule has 0 N–H and O–H groups in total. The third kappa shape index (κ3) is 2.55. The molecule has 1 aromatic rings. The Kier molecular flexibility index (Phi) is 4.01. The number of hydrogen-bond acceptors (Lipinski definition) is 3. The Labute approximate surface area is 109 Å². The number of hydrogen-bond donors (Lipinski definition) is 0. The van der Waals surface area contributed by atoms with E-state index in [1.165, 1.54) is 5.69 Å². The molecule has 0 atom stereocenters. The second-order valence-electron chi connectivity index (χ2n) is 4.64. The highest BCUT2D eigenvalue weighted by atomic mass is 15.3. The maximum atomic E-state index is 9.07. The first-order chi connectivity index (χ1) is 8.76. The molecule has 1 aromatic carbocycles. The van der Waals surface area contributed by atoms with Gasteiger partial charge in [-0.2, -0.15) is 5.26 Å². The van der Waals surface area contributed by atoms with Gasteiger partial charge in [-0.25, -0.2) is 0 Å². The molecule has 18 heavy (non-hydrogen) atoms. The molecule has 0 bridgehead atoms. The average molecular weight is 241 g/mol. The maximum absolute atomic E-state index is 9.07. The Bertz CT molecular complexity index is 465. The van der Waals surface area contributed by atoms with Gasteiger partial charge in [0.1, 0.15) is 0 Å². The fraction of sp³-hybridized carbons (Fsp3) is 0.400. The third-order valence-electron chi connectivity index (χ3n) is 3.53. The quantitative estimate of drug-likeness (QED) is 0.760. The Hall–Kier alpha value is -1.79. The van der Waals surface area contributed by atoms with Crippen LogP contribution in [0.15, 0.2) is 30.9 Å². The van der Waals surface area contributed by atoms with Gasteiger partial charge in [-0.3, -0.25) is 4.90 Å². The predicted molar refractivity (Wildman–Crippen MR) is 74.7 cm³/mol. The van der Waals surface area contributed by atoms with Crippen LogP contribution in [0.3, 0.4) is 0 Å². The van der Waals surface area contributed by atoms with Gasteiger partial charge in [-0.05, 0) is 24.6 Å². The van der Waals surface area contributed by atoms with Crippen LogP contribution < -0.4 is 4.90 Å². The van der Waals surface area contributed by atoms with Crippen LogP contribution >= 0.6 is 0 Å². The van der Waals surface area contributed by atoms with Crippen molar-refractivity contribution < 1.29 is 0 Å². The van der Waals surface area contributed by atoms with Crippen LogP contribution in [0, 0.1) is 18.3 Å². The van der Waals surface area contributed by atoms with Crippen LogP contribution in [0.4, 0.5) is 5.69 Å². The number of anilines is 1. The van der Waals surface area contributed by atoms with E-state index in [9.17, 15) is 0 Å². The standard InChI is InChI=1S/C15H19N3/c1-3-7-17-8-10-18(11-9-17)15-6-4-5-14(12-16)13(15)2/h3-6H,1,7-11H2,2H3. The van der Waals surface area contributed by atoms with Gasteiger partial charge in [0.25, 0.3) is 0 Å². The first-order valence-corrected chi connectivity index (χ1v) is 6.34. The van der Waals surface area contributed by atoms with E-state index in [-0.39, 0.29) is 0 Å². The molecule has 1 heterocycles. The van der Waals surface area contributed by atoms with E-state index in [2.05, 4.69) is 28.5 Å². The van der Waals surface area contributed by atoms with Gasteiger partial charge in [-0.15, -0.1) is 6.58 Å². The van der Waals surface area contributed by atoms with E-state index in [4.69, 9.17) is 5.26 Å². The van der Waals surface area contributed by atoms with Crippen molar-refractivity contribution in [3.63, 3.8) is 0 Å². The smallest absolute Gasteiger partial charge is 0.0995 e. The Balaban J connectivity index is 2.10. The fourth-order valence-corrected chi connectivity index (χ4v) is 2.44. The molecule has 94 valence electrons. The lowest BCUT2D eigenvalue weighted by molar-refractivity contribution is 0.284. The molecule has 0 radical (unpaired) electrons. The summed E-state index contributed by atoms with van der Waals surface area (Å²) in [6.07, 6.45) is 1.96. The lowest BCUT2D eigenvalue weighted by atomic mass is 10.1. The highest BCUT2D eigenvalue weighted by molar-refractivity contribution is 5.59. The Morgan fingerprint density at radius 3 is 2.67 bits per heavy atom. The van der Waals surface area contributed by atoms with Gasteiger partial charge in [0, 0.05) is 38.4 Å². The fourth-order valence-electron chi connectivity index (χ4n) is 2.44. The molecule has 0 saturated carbocycles. The lowest BCUT2D eigenvalue weighted by Crippen LogP contribution is -2.46. The summed E-state index contributed by atoms with van der Waals surface area (Å²) in [4.78, 5) is 4.77. The highest BCUT2D eigenvalue weighted by Gasteiger charge is 2.18. The summed E-state index contributed by atoms with van der Waals surface area (Å²) in [6, 6.07) is 8.21. The highest BCUT2D eigenvalue weighted by Crippen LogP contribution is 2.23. The van der Waals surface area contributed by atoms with Crippen LogP contribution in [-0.2, 0) is 0 Å². The van der Waals surface area contributed by atoms with E-state index in [1.54, 1.807) is 0 Å². The first kappa shape index (κ1) is 12.7. The summed E-state index contributed by atoms with van der Waals surface area (Å²) in [5.74, 6) is 0. The molecule has 1 aliphatic rings. The van der Waals surface area contributed by atoms with E-state index in [0.717, 1.165) is 43.9 Å². The van der Waals surface area contributed by atoms with Crippen molar-refractivity contribution in [2.24, 2.45) is 0 Å². The van der Waals surface area contributed by atoms with Crippen LogP contribution in [-0.4, -0.2) is 37.6 Å². The molecule has 0 aromatic heterocycles. The molecule has 3 nitrogen and oxygen atoms in total. The van der Waals surface area contributed by atoms with Crippen LogP contribution in [0.2, 0.25) is 0 Å². The molecule has 1 fully saturated rings. The zero-order valence-corrected chi connectivity index (χ0v) is 10.9. The van der Waals surface area contributed by atoms with Crippen molar-refractivity contribution in [3.05, 3.63) is 42.0 Å². The predicted octanol–water partition coefficient (Wildman–Crippen LogP) is 2.17. The second kappa shape index (κ2) is 5.70. The van der Waals surface area contributed by atoms with Gasteiger partial charge < -0.3 is 4.90 Å². The monoisotopic (exact) mass is 241 g/mol. The van der Waals surface area contributed by atoms with Crippen molar-refractivity contribution in [1.29, 1.82) is 5.26 Å². The normalized spacial score (nSPS) is 16.3. The molecule has 1 saturated heterocycles. The van der Waals surface area contributed by atoms with Gasteiger partial charge in [-0.1, -0.05) is 12.1 Å². The molecule has 0 amide bonds. The molecule has 0 aliphatic carbocycles. The molecule has 0 unspecified atom stereocenters. The molecule has 3 heteroatoms. The van der Waals surface area contributed by atoms with Gasteiger partial charge in [0.2, 0.25) is 0 Å². The van der Waals surface area contributed by atoms with E-state index in [1.807, 2.05) is 25.1 Å². The maximum Gasteiger partial charge on any atom is 0.0995 e. The molecule has 0 spiro atoms. The van der Waals surface area contributed by atoms with E-state index < -0.39 is 0 Å². The third-order valence-corrected chi connectivity index (χ3v) is 3.53. The second-order valence-corrected chi connectivity index (χ2v) is 4.64. The largest absolute Gasteiger partial charge is 0.369 e. The topological polar surface area (TPSA) is 30.3 Å². The SMILES string of the molecule is C=CCN1CCN(c2cccc(C#N)c2C)CC1. The summed E-state index contributed by atoms with van der Waals surface area (Å²) in [7, 11) is 0. The zero-order chi connectivity index (χ0) is 13.0. The number of nitrogens with zero attached hydrogens (tertiary/aromatic N) is 3. The zero-order valence-electron chi connectivity index (χ0n) is 10.9. The van der Waals surface area contributed by atoms with Crippen molar-refractivity contribution in [3.8, 4) is 6.07 Å². The van der Waals surface area contributed by atoms with Crippen LogP contribution in [0.25, 0.3) is 0 Å². The minimum absolute atomic E-state index is 0.779. The minimum atomic E-state index is 0.779. The lowest BCUT2D eigenvalue weighted by Gasteiger charge is -2.36. The van der Waals surface area contributed by atoms with Gasteiger partial charge in [0.05, 0.1) is 11.6 Å². The molecule has 1 aliphatic heterocycles. The van der Waals surface area contributed by atoms with Crippen molar-refractivity contribution in [1.82, 2.24) is 4.90 Å². The molecular formula is C15H19N3. The summed E-state index contributed by atoms with van der Waals surface area (Å²) in [6.45, 7) is 10.9. The molecular weight excluding hydrogens is 222 g/mol. The van der Waals surface area contributed by atoms with Gasteiger partial charge >= 0.3 is 0 Å². The van der Waals surface area contributed by atoms with Crippen molar-refractivity contribution in [2.45, 2.75) is 6.92 Å². The van der Waals surface area contributed by atoms with Crippen LogP contribution in [0.1, 0.15) is 11.1 Å². The summed E-state index contributed by atoms with van der Waals surface area (Å²) in [5, 5.41) is 9.07. The van der Waals surface area contributed by atoms with E-state index >= 15 is 0 Å². The van der Waals surface area contributed by atoms with E-state index in [0.29, 0.717) is 0 Å². The first-order valence-electron chi connectivity index (χ1n) is 6.34. The number of piperazine rings is 1. The summed E-state index contributed by atoms with van der Waals surface area (Å²) < 4.78 is 0. The summed E-state index contributed by atoms with van der Waals surface area (Å²) >= 11 is 0. The van der Waals surface area contributed by atoms with Gasteiger partial charge in [0.15, 0.2) is 0 Å². The number of nitriles is 1. The average Bonchev–Trinajstić information content (AvgIpc) is 2.41.